The number of amides is 1. The lowest BCUT2D eigenvalue weighted by molar-refractivity contribution is -0.142. The van der Waals surface area contributed by atoms with Gasteiger partial charge in [-0.2, -0.15) is 5.26 Å². The van der Waals surface area contributed by atoms with Crippen molar-refractivity contribution < 1.29 is 14.3 Å². The Balaban J connectivity index is 1.98. The number of esters is 1. The van der Waals surface area contributed by atoms with Gasteiger partial charge < -0.3 is 9.64 Å². The number of carbonyl (C=O) groups is 2. The van der Waals surface area contributed by atoms with E-state index in [1.165, 1.54) is 11.0 Å². The van der Waals surface area contributed by atoms with Crippen molar-refractivity contribution in [2.45, 2.75) is 20.3 Å². The monoisotopic (exact) mass is 362 g/mol. The Labute approximate surface area is 159 Å². The van der Waals surface area contributed by atoms with E-state index in [-0.39, 0.29) is 25.5 Å². The number of benzene rings is 2. The zero-order chi connectivity index (χ0) is 19.6. The van der Waals surface area contributed by atoms with Gasteiger partial charge in [-0.05, 0) is 43.2 Å². The summed E-state index contributed by atoms with van der Waals surface area (Å²) in [6.07, 6.45) is 3.16. The summed E-state index contributed by atoms with van der Waals surface area (Å²) < 4.78 is 5.07. The van der Waals surface area contributed by atoms with Crippen LogP contribution < -0.4 is 4.90 Å². The van der Waals surface area contributed by atoms with E-state index in [1.54, 1.807) is 6.08 Å². The Hall–Kier alpha value is -3.39. The van der Waals surface area contributed by atoms with Crippen LogP contribution in [0.15, 0.2) is 54.6 Å². The lowest BCUT2D eigenvalue weighted by Gasteiger charge is -2.21. The molecule has 0 atom stereocenters. The van der Waals surface area contributed by atoms with Crippen molar-refractivity contribution in [2.75, 3.05) is 18.1 Å². The summed E-state index contributed by atoms with van der Waals surface area (Å²) >= 11 is 0. The molecule has 0 bridgehead atoms. The van der Waals surface area contributed by atoms with Gasteiger partial charge in [-0.1, -0.05) is 42.0 Å². The summed E-state index contributed by atoms with van der Waals surface area (Å²) in [7, 11) is 0. The standard InChI is InChI=1S/C22H22N2O3/c1-17-8-11-20(12-9-17)24(15-5-14-23)21(25)16-27-22(26)13-10-19-7-4-3-6-18(19)2/h3-4,6-13H,5,15-16H2,1-2H3/b13-10+. The lowest BCUT2D eigenvalue weighted by Crippen LogP contribution is -2.35. The van der Waals surface area contributed by atoms with Crippen LogP contribution in [0.3, 0.4) is 0 Å². The molecule has 2 rings (SSSR count). The van der Waals surface area contributed by atoms with E-state index >= 15 is 0 Å². The van der Waals surface area contributed by atoms with Crippen molar-refractivity contribution in [1.82, 2.24) is 0 Å². The molecule has 0 fully saturated rings. The molecule has 5 nitrogen and oxygen atoms in total. The summed E-state index contributed by atoms with van der Waals surface area (Å²) in [6.45, 7) is 3.77. The van der Waals surface area contributed by atoms with Crippen molar-refractivity contribution in [3.8, 4) is 6.07 Å². The molecule has 0 saturated heterocycles. The molecule has 2 aromatic carbocycles. The quantitative estimate of drug-likeness (QED) is 0.555. The average molecular weight is 362 g/mol. The summed E-state index contributed by atoms with van der Waals surface area (Å²) in [5, 5.41) is 8.82. The van der Waals surface area contributed by atoms with Crippen LogP contribution in [-0.2, 0) is 14.3 Å². The molecule has 0 saturated carbocycles. The highest BCUT2D eigenvalue weighted by Gasteiger charge is 2.17. The molecule has 27 heavy (non-hydrogen) atoms. The highest BCUT2D eigenvalue weighted by molar-refractivity contribution is 5.96. The highest BCUT2D eigenvalue weighted by atomic mass is 16.5. The van der Waals surface area contributed by atoms with E-state index in [0.29, 0.717) is 5.69 Å². The van der Waals surface area contributed by atoms with Crippen molar-refractivity contribution in [1.29, 1.82) is 5.26 Å². The van der Waals surface area contributed by atoms with E-state index in [1.807, 2.05) is 68.4 Å². The fraction of sp³-hybridized carbons (Fsp3) is 0.227. The van der Waals surface area contributed by atoms with Gasteiger partial charge in [0.05, 0.1) is 12.5 Å². The van der Waals surface area contributed by atoms with Gasteiger partial charge in [0, 0.05) is 18.3 Å². The number of hydrogen-bond acceptors (Lipinski definition) is 4. The molecule has 0 aliphatic carbocycles. The van der Waals surface area contributed by atoms with Gasteiger partial charge in [0.25, 0.3) is 5.91 Å². The molecule has 5 heteroatoms. The van der Waals surface area contributed by atoms with Crippen LogP contribution in [0, 0.1) is 25.2 Å². The van der Waals surface area contributed by atoms with E-state index < -0.39 is 5.97 Å². The summed E-state index contributed by atoms with van der Waals surface area (Å²) in [6, 6.07) is 17.1. The molecule has 0 radical (unpaired) electrons. The fourth-order valence-electron chi connectivity index (χ4n) is 2.47. The smallest absolute Gasteiger partial charge is 0.331 e. The van der Waals surface area contributed by atoms with E-state index in [0.717, 1.165) is 16.7 Å². The third kappa shape index (κ3) is 6.12. The van der Waals surface area contributed by atoms with Gasteiger partial charge in [-0.15, -0.1) is 0 Å². The average Bonchev–Trinajstić information content (AvgIpc) is 2.67. The second-order valence-corrected chi connectivity index (χ2v) is 6.09. The maximum atomic E-state index is 12.5. The van der Waals surface area contributed by atoms with Crippen LogP contribution in [-0.4, -0.2) is 25.0 Å². The van der Waals surface area contributed by atoms with Gasteiger partial charge >= 0.3 is 5.97 Å². The SMILES string of the molecule is Cc1ccc(N(CCC#N)C(=O)COC(=O)/C=C/c2ccccc2C)cc1. The molecular formula is C22H22N2O3. The molecule has 138 valence electrons. The maximum Gasteiger partial charge on any atom is 0.331 e. The number of nitriles is 1. The number of hydrogen-bond donors (Lipinski definition) is 0. The van der Waals surface area contributed by atoms with Crippen molar-refractivity contribution >= 4 is 23.6 Å². The van der Waals surface area contributed by atoms with Gasteiger partial charge in [0.1, 0.15) is 0 Å². The minimum atomic E-state index is -0.587. The zero-order valence-corrected chi connectivity index (χ0v) is 15.5. The molecule has 1 amide bonds. The Bertz CT molecular complexity index is 864. The predicted octanol–water partition coefficient (Wildman–Crippen LogP) is 3.81. The number of rotatable bonds is 7. The van der Waals surface area contributed by atoms with Crippen LogP contribution in [0.1, 0.15) is 23.1 Å². The van der Waals surface area contributed by atoms with Crippen LogP contribution in [0.2, 0.25) is 0 Å². The minimum Gasteiger partial charge on any atom is -0.452 e. The molecule has 0 heterocycles. The molecule has 0 aromatic heterocycles. The molecule has 0 aliphatic rings. The molecule has 2 aromatic rings. The molecule has 0 aliphatic heterocycles. The first-order valence-corrected chi connectivity index (χ1v) is 8.65. The van der Waals surface area contributed by atoms with Crippen LogP contribution in [0.25, 0.3) is 6.08 Å². The summed E-state index contributed by atoms with van der Waals surface area (Å²) in [5.41, 5.74) is 3.70. The summed E-state index contributed by atoms with van der Waals surface area (Å²) in [4.78, 5) is 25.9. The van der Waals surface area contributed by atoms with E-state index in [9.17, 15) is 9.59 Å². The largest absolute Gasteiger partial charge is 0.452 e. The Morgan fingerprint density at radius 1 is 1.11 bits per heavy atom. The first-order valence-electron chi connectivity index (χ1n) is 8.65. The van der Waals surface area contributed by atoms with Crippen LogP contribution in [0.5, 0.6) is 0 Å². The fourth-order valence-corrected chi connectivity index (χ4v) is 2.47. The lowest BCUT2D eigenvalue weighted by atomic mass is 10.1. The third-order valence-electron chi connectivity index (χ3n) is 4.02. The number of carbonyl (C=O) groups excluding carboxylic acids is 2. The third-order valence-corrected chi connectivity index (χ3v) is 4.02. The normalized spacial score (nSPS) is 10.4. The zero-order valence-electron chi connectivity index (χ0n) is 15.5. The topological polar surface area (TPSA) is 70.4 Å². The Kier molecular flexibility index (Phi) is 7.33. The molecular weight excluding hydrogens is 340 g/mol. The van der Waals surface area contributed by atoms with E-state index in [4.69, 9.17) is 10.00 Å². The highest BCUT2D eigenvalue weighted by Crippen LogP contribution is 2.16. The first kappa shape index (κ1) is 19.9. The number of nitrogens with zero attached hydrogens (tertiary/aromatic N) is 2. The molecule has 0 N–H and O–H groups in total. The Morgan fingerprint density at radius 2 is 1.81 bits per heavy atom. The van der Waals surface area contributed by atoms with Gasteiger partial charge in [-0.3, -0.25) is 4.79 Å². The second-order valence-electron chi connectivity index (χ2n) is 6.09. The molecule has 0 spiro atoms. The van der Waals surface area contributed by atoms with Crippen molar-refractivity contribution in [2.24, 2.45) is 0 Å². The van der Waals surface area contributed by atoms with Crippen LogP contribution in [0.4, 0.5) is 5.69 Å². The van der Waals surface area contributed by atoms with Gasteiger partial charge in [0.15, 0.2) is 6.61 Å². The van der Waals surface area contributed by atoms with Crippen molar-refractivity contribution in [3.05, 3.63) is 71.3 Å². The van der Waals surface area contributed by atoms with Gasteiger partial charge in [0.2, 0.25) is 0 Å². The van der Waals surface area contributed by atoms with Crippen molar-refractivity contribution in [3.63, 3.8) is 0 Å². The number of anilines is 1. The second kappa shape index (κ2) is 9.93. The minimum absolute atomic E-state index is 0.195. The molecule has 0 unspecified atom stereocenters. The van der Waals surface area contributed by atoms with E-state index in [2.05, 4.69) is 0 Å². The number of aryl methyl sites for hydroxylation is 2. The predicted molar refractivity (Wildman–Crippen MR) is 105 cm³/mol. The van der Waals surface area contributed by atoms with Gasteiger partial charge in [-0.25, -0.2) is 4.79 Å². The Morgan fingerprint density at radius 3 is 2.48 bits per heavy atom. The first-order chi connectivity index (χ1) is 13.0. The summed E-state index contributed by atoms with van der Waals surface area (Å²) in [5.74, 6) is -0.956. The maximum absolute atomic E-state index is 12.5. The number of ether oxygens (including phenoxy) is 1. The van der Waals surface area contributed by atoms with Crippen LogP contribution >= 0.6 is 0 Å².